The average Bonchev–Trinajstić information content (AvgIpc) is 3.26. The molecule has 0 radical (unpaired) electrons. The standard InChI is InChI=1S/C26H22N2O4S2/c1-16(29)19-11-13-21(14-12-19)27-24(30)17(2)32-25(31)20-9-7-18(8-10-20)15-33-26-28-22-5-3-4-6-23(22)34-26/h3-14,17H,15H2,1-2H3,(H,27,30). The van der Waals surface area contributed by atoms with E-state index in [1.165, 1.54) is 13.8 Å². The molecule has 1 heterocycles. The number of anilines is 1. The first-order chi connectivity index (χ1) is 16.4. The Morgan fingerprint density at radius 2 is 1.65 bits per heavy atom. The van der Waals surface area contributed by atoms with Crippen LogP contribution < -0.4 is 5.32 Å². The summed E-state index contributed by atoms with van der Waals surface area (Å²) >= 11 is 3.31. The maximum atomic E-state index is 12.5. The van der Waals surface area contributed by atoms with Gasteiger partial charge in [0.1, 0.15) is 0 Å². The summed E-state index contributed by atoms with van der Waals surface area (Å²) in [7, 11) is 0. The Morgan fingerprint density at radius 3 is 2.32 bits per heavy atom. The van der Waals surface area contributed by atoms with E-state index in [4.69, 9.17) is 4.74 Å². The summed E-state index contributed by atoms with van der Waals surface area (Å²) in [5.41, 5.74) is 3.51. The van der Waals surface area contributed by atoms with Gasteiger partial charge >= 0.3 is 5.97 Å². The Labute approximate surface area is 205 Å². The van der Waals surface area contributed by atoms with E-state index in [2.05, 4.69) is 16.4 Å². The maximum absolute atomic E-state index is 12.5. The molecule has 1 atom stereocenters. The average molecular weight is 491 g/mol. The number of aromatic nitrogens is 1. The molecule has 0 aliphatic rings. The van der Waals surface area contributed by atoms with Crippen molar-refractivity contribution in [2.75, 3.05) is 5.32 Å². The van der Waals surface area contributed by atoms with Crippen LogP contribution in [-0.4, -0.2) is 28.7 Å². The second kappa shape index (κ2) is 10.6. The van der Waals surface area contributed by atoms with Crippen molar-refractivity contribution in [3.63, 3.8) is 0 Å². The quantitative estimate of drug-likeness (QED) is 0.186. The van der Waals surface area contributed by atoms with Crippen molar-refractivity contribution in [1.82, 2.24) is 4.98 Å². The number of carbonyl (C=O) groups is 3. The smallest absolute Gasteiger partial charge is 0.338 e. The monoisotopic (exact) mass is 490 g/mol. The van der Waals surface area contributed by atoms with Crippen molar-refractivity contribution in [2.45, 2.75) is 30.0 Å². The molecule has 1 aromatic heterocycles. The summed E-state index contributed by atoms with van der Waals surface area (Å²) in [4.78, 5) is 40.8. The van der Waals surface area contributed by atoms with Crippen LogP contribution in [0.4, 0.5) is 5.69 Å². The van der Waals surface area contributed by atoms with Gasteiger partial charge in [-0.25, -0.2) is 9.78 Å². The number of hydrogen-bond acceptors (Lipinski definition) is 7. The van der Waals surface area contributed by atoms with Gasteiger partial charge in [-0.15, -0.1) is 11.3 Å². The summed E-state index contributed by atoms with van der Waals surface area (Å²) in [5, 5.41) is 2.68. The third kappa shape index (κ3) is 5.89. The molecule has 0 spiro atoms. The lowest BCUT2D eigenvalue weighted by atomic mass is 10.1. The minimum absolute atomic E-state index is 0.0541. The minimum Gasteiger partial charge on any atom is -0.449 e. The number of fused-ring (bicyclic) bond motifs is 1. The Hall–Kier alpha value is -3.49. The predicted molar refractivity (Wildman–Crippen MR) is 136 cm³/mol. The van der Waals surface area contributed by atoms with E-state index in [1.807, 2.05) is 30.3 Å². The Kier molecular flexibility index (Phi) is 7.40. The number of thiazole rings is 1. The van der Waals surface area contributed by atoms with Gasteiger partial charge in [0, 0.05) is 17.0 Å². The number of ketones is 1. The lowest BCUT2D eigenvalue weighted by Gasteiger charge is -2.14. The van der Waals surface area contributed by atoms with Crippen molar-refractivity contribution >= 4 is 56.7 Å². The van der Waals surface area contributed by atoms with Crippen LogP contribution in [0.1, 0.15) is 40.1 Å². The fourth-order valence-electron chi connectivity index (χ4n) is 3.11. The molecule has 4 rings (SSSR count). The molecular formula is C26H22N2O4S2. The molecule has 34 heavy (non-hydrogen) atoms. The number of hydrogen-bond donors (Lipinski definition) is 1. The largest absolute Gasteiger partial charge is 0.449 e. The predicted octanol–water partition coefficient (Wildman–Crippen LogP) is 5.98. The van der Waals surface area contributed by atoms with Gasteiger partial charge in [-0.3, -0.25) is 9.59 Å². The number of thioether (sulfide) groups is 1. The topological polar surface area (TPSA) is 85.4 Å². The highest BCUT2D eigenvalue weighted by molar-refractivity contribution is 8.00. The normalized spacial score (nSPS) is 11.7. The zero-order valence-corrected chi connectivity index (χ0v) is 20.2. The Morgan fingerprint density at radius 1 is 0.971 bits per heavy atom. The second-order valence-electron chi connectivity index (χ2n) is 7.60. The number of Topliss-reactive ketones (excluding diaryl/α,β-unsaturated/α-hetero) is 1. The summed E-state index contributed by atoms with van der Waals surface area (Å²) in [6.07, 6.45) is -0.978. The van der Waals surface area contributed by atoms with E-state index in [0.29, 0.717) is 16.8 Å². The summed E-state index contributed by atoms with van der Waals surface area (Å²) < 4.78 is 7.48. The van der Waals surface area contributed by atoms with Gasteiger partial charge in [-0.2, -0.15) is 0 Å². The van der Waals surface area contributed by atoms with Crippen LogP contribution in [-0.2, 0) is 15.3 Å². The van der Waals surface area contributed by atoms with Crippen LogP contribution in [0.5, 0.6) is 0 Å². The Bertz CT molecular complexity index is 1300. The first-order valence-electron chi connectivity index (χ1n) is 10.6. The van der Waals surface area contributed by atoms with Gasteiger partial charge in [0.05, 0.1) is 15.8 Å². The van der Waals surface area contributed by atoms with Crippen molar-refractivity contribution in [3.05, 3.63) is 89.5 Å². The molecule has 6 nitrogen and oxygen atoms in total. The number of carbonyl (C=O) groups excluding carboxylic acids is 3. The fourth-order valence-corrected chi connectivity index (χ4v) is 5.13. The Balaban J connectivity index is 1.29. The summed E-state index contributed by atoms with van der Waals surface area (Å²) in [5.74, 6) is -0.342. The van der Waals surface area contributed by atoms with E-state index in [1.54, 1.807) is 59.5 Å². The zero-order chi connectivity index (χ0) is 24.1. The molecule has 0 fully saturated rings. The zero-order valence-electron chi connectivity index (χ0n) is 18.6. The first kappa shape index (κ1) is 23.7. The SMILES string of the molecule is CC(=O)c1ccc(NC(=O)C(C)OC(=O)c2ccc(CSc3nc4ccccc4s3)cc2)cc1. The van der Waals surface area contributed by atoms with E-state index in [9.17, 15) is 14.4 Å². The van der Waals surface area contributed by atoms with Crippen LogP contribution >= 0.6 is 23.1 Å². The van der Waals surface area contributed by atoms with Crippen LogP contribution in [0.25, 0.3) is 10.2 Å². The molecule has 0 bridgehead atoms. The van der Waals surface area contributed by atoms with Gasteiger partial charge in [-0.05, 0) is 67.9 Å². The van der Waals surface area contributed by atoms with E-state index < -0.39 is 18.0 Å². The third-order valence-corrected chi connectivity index (χ3v) is 7.29. The van der Waals surface area contributed by atoms with Gasteiger partial charge in [0.25, 0.3) is 5.91 Å². The van der Waals surface area contributed by atoms with Crippen molar-refractivity contribution in [3.8, 4) is 0 Å². The van der Waals surface area contributed by atoms with Crippen molar-refractivity contribution in [1.29, 1.82) is 0 Å². The highest BCUT2D eigenvalue weighted by atomic mass is 32.2. The number of nitrogens with one attached hydrogen (secondary N) is 1. The summed E-state index contributed by atoms with van der Waals surface area (Å²) in [6.45, 7) is 2.99. The number of ether oxygens (including phenoxy) is 1. The number of para-hydroxylation sites is 1. The van der Waals surface area contributed by atoms with Crippen molar-refractivity contribution < 1.29 is 19.1 Å². The van der Waals surface area contributed by atoms with Crippen LogP contribution in [0.15, 0.2) is 77.1 Å². The molecule has 0 saturated carbocycles. The molecule has 0 aliphatic carbocycles. The first-order valence-corrected chi connectivity index (χ1v) is 12.4. The van der Waals surface area contributed by atoms with Gasteiger partial charge in [-0.1, -0.05) is 36.0 Å². The molecule has 8 heteroatoms. The number of benzene rings is 3. The highest BCUT2D eigenvalue weighted by Gasteiger charge is 2.19. The molecule has 1 N–H and O–H groups in total. The summed E-state index contributed by atoms with van der Waals surface area (Å²) in [6, 6.07) is 21.7. The number of amides is 1. The van der Waals surface area contributed by atoms with Crippen LogP contribution in [0, 0.1) is 0 Å². The van der Waals surface area contributed by atoms with E-state index in [0.717, 1.165) is 25.9 Å². The molecule has 3 aromatic carbocycles. The molecule has 1 amide bonds. The molecule has 0 aliphatic heterocycles. The molecule has 4 aromatic rings. The lowest BCUT2D eigenvalue weighted by Crippen LogP contribution is -2.30. The van der Waals surface area contributed by atoms with Crippen LogP contribution in [0.2, 0.25) is 0 Å². The number of nitrogens with zero attached hydrogens (tertiary/aromatic N) is 1. The van der Waals surface area contributed by atoms with E-state index in [-0.39, 0.29) is 5.78 Å². The van der Waals surface area contributed by atoms with E-state index >= 15 is 0 Å². The number of rotatable bonds is 8. The van der Waals surface area contributed by atoms with Crippen LogP contribution in [0.3, 0.4) is 0 Å². The molecule has 0 saturated heterocycles. The number of esters is 1. The molecule has 172 valence electrons. The fraction of sp³-hybridized carbons (Fsp3) is 0.154. The van der Waals surface area contributed by atoms with Gasteiger partial charge in [0.2, 0.25) is 0 Å². The third-order valence-electron chi connectivity index (χ3n) is 5.04. The highest BCUT2D eigenvalue weighted by Crippen LogP contribution is 2.31. The van der Waals surface area contributed by atoms with Gasteiger partial charge < -0.3 is 10.1 Å². The molecule has 1 unspecified atom stereocenters. The lowest BCUT2D eigenvalue weighted by molar-refractivity contribution is -0.123. The molecular weight excluding hydrogens is 468 g/mol. The van der Waals surface area contributed by atoms with Gasteiger partial charge in [0.15, 0.2) is 16.2 Å². The maximum Gasteiger partial charge on any atom is 0.338 e. The van der Waals surface area contributed by atoms with Crippen molar-refractivity contribution in [2.24, 2.45) is 0 Å². The second-order valence-corrected chi connectivity index (χ2v) is 9.86. The minimum atomic E-state index is -0.978.